The number of carbonyl (C=O) groups excluding carboxylic acids is 2. The number of halogens is 1. The molecule has 6 heteroatoms. The molecular formula is C33H44ClNO4. The zero-order valence-electron chi connectivity index (χ0n) is 24.7. The molecule has 0 atom stereocenters. The van der Waals surface area contributed by atoms with Gasteiger partial charge in [0.15, 0.2) is 23.1 Å². The van der Waals surface area contributed by atoms with Crippen molar-refractivity contribution in [1.82, 2.24) is 4.90 Å². The molecule has 0 bridgehead atoms. The van der Waals surface area contributed by atoms with E-state index in [9.17, 15) is 9.59 Å². The molecule has 1 fully saturated rings. The first-order valence-corrected chi connectivity index (χ1v) is 15.1. The highest BCUT2D eigenvalue weighted by molar-refractivity contribution is 6.32. The molecule has 5 rings (SSSR count). The van der Waals surface area contributed by atoms with Crippen LogP contribution in [0.4, 0.5) is 0 Å². The van der Waals surface area contributed by atoms with E-state index < -0.39 is 5.92 Å². The number of hydrogen-bond acceptors (Lipinski definition) is 5. The van der Waals surface area contributed by atoms with Crippen molar-refractivity contribution < 1.29 is 19.1 Å². The zero-order valence-corrected chi connectivity index (χ0v) is 25.5. The Morgan fingerprint density at radius 3 is 1.90 bits per heavy atom. The van der Waals surface area contributed by atoms with Gasteiger partial charge in [-0.2, -0.15) is 0 Å². The third-order valence-electron chi connectivity index (χ3n) is 8.83. The van der Waals surface area contributed by atoms with E-state index in [2.05, 4.69) is 32.6 Å². The van der Waals surface area contributed by atoms with E-state index in [0.29, 0.717) is 35.4 Å². The first-order chi connectivity index (χ1) is 18.3. The fourth-order valence-corrected chi connectivity index (χ4v) is 7.63. The van der Waals surface area contributed by atoms with Crippen LogP contribution in [0.3, 0.4) is 0 Å². The van der Waals surface area contributed by atoms with Crippen LogP contribution < -0.4 is 9.47 Å². The average molecular weight is 554 g/mol. The molecule has 5 nitrogen and oxygen atoms in total. The van der Waals surface area contributed by atoms with Crippen molar-refractivity contribution >= 4 is 23.2 Å². The van der Waals surface area contributed by atoms with Crippen molar-refractivity contribution in [2.24, 2.45) is 10.8 Å². The fourth-order valence-electron chi connectivity index (χ4n) is 7.37. The summed E-state index contributed by atoms with van der Waals surface area (Å²) in [6, 6.07) is 4.15. The number of methoxy groups -OCH3 is 1. The monoisotopic (exact) mass is 553 g/mol. The Balaban J connectivity index is 1.77. The maximum atomic E-state index is 14.1. The summed E-state index contributed by atoms with van der Waals surface area (Å²) < 4.78 is 11.7. The second-order valence-corrected chi connectivity index (χ2v) is 14.3. The summed E-state index contributed by atoms with van der Waals surface area (Å²) >= 11 is 6.82. The van der Waals surface area contributed by atoms with Crippen LogP contribution in [-0.4, -0.2) is 35.7 Å². The molecule has 0 saturated heterocycles. The van der Waals surface area contributed by atoms with Crippen molar-refractivity contribution in [2.45, 2.75) is 117 Å². The van der Waals surface area contributed by atoms with Crippen LogP contribution in [0.2, 0.25) is 5.02 Å². The predicted molar refractivity (Wildman–Crippen MR) is 155 cm³/mol. The zero-order chi connectivity index (χ0) is 28.3. The van der Waals surface area contributed by atoms with Gasteiger partial charge in [0.1, 0.15) is 0 Å². The summed E-state index contributed by atoms with van der Waals surface area (Å²) in [7, 11) is 1.60. The topological polar surface area (TPSA) is 55.8 Å². The number of ether oxygens (including phenoxy) is 2. The van der Waals surface area contributed by atoms with Gasteiger partial charge in [-0.3, -0.25) is 9.59 Å². The van der Waals surface area contributed by atoms with Gasteiger partial charge in [-0.05, 0) is 68.1 Å². The summed E-state index contributed by atoms with van der Waals surface area (Å²) in [6.45, 7) is 12.7. The molecule has 0 spiro atoms. The van der Waals surface area contributed by atoms with Crippen molar-refractivity contribution in [1.29, 1.82) is 0 Å². The van der Waals surface area contributed by atoms with Gasteiger partial charge >= 0.3 is 0 Å². The standard InChI is InChI=1S/C33H44ClNO4/c1-19(2)39-31-22(34)13-20(14-27(31)38-7)28-29-23(15-32(3,4)17-25(29)36)35(21-11-9-8-10-12-21)24-16-33(5,6)18-26(37)30(24)28/h13-14,19,21,28H,8-12,15-18H2,1-7H3. The molecule has 0 unspecified atom stereocenters. The molecule has 0 N–H and O–H groups in total. The minimum absolute atomic E-state index is 0.0751. The number of carbonyl (C=O) groups is 2. The molecule has 1 saturated carbocycles. The van der Waals surface area contributed by atoms with Gasteiger partial charge in [0.25, 0.3) is 0 Å². The van der Waals surface area contributed by atoms with Crippen LogP contribution in [0.5, 0.6) is 11.5 Å². The third kappa shape index (κ3) is 5.28. The number of hydrogen-bond donors (Lipinski definition) is 0. The molecule has 212 valence electrons. The first kappa shape index (κ1) is 28.3. The molecule has 0 amide bonds. The highest BCUT2D eigenvalue weighted by atomic mass is 35.5. The van der Waals surface area contributed by atoms with Gasteiger partial charge in [0.2, 0.25) is 0 Å². The Hall–Kier alpha value is -2.27. The van der Waals surface area contributed by atoms with E-state index in [-0.39, 0.29) is 28.5 Å². The summed E-state index contributed by atoms with van der Waals surface area (Å²) in [5.74, 6) is 0.870. The SMILES string of the molecule is COc1cc(C2C3=C(CC(C)(C)CC3=O)N(C3CCCCC3)C3=C2C(=O)CC(C)(C)C3)cc(Cl)c1OC(C)C. The van der Waals surface area contributed by atoms with E-state index in [1.54, 1.807) is 7.11 Å². The molecule has 3 aliphatic carbocycles. The summed E-state index contributed by atoms with van der Waals surface area (Å²) in [6.07, 6.45) is 8.36. The lowest BCUT2D eigenvalue weighted by Crippen LogP contribution is -2.48. The van der Waals surface area contributed by atoms with Crippen molar-refractivity contribution in [3.8, 4) is 11.5 Å². The van der Waals surface area contributed by atoms with Crippen molar-refractivity contribution in [2.75, 3.05) is 7.11 Å². The lowest BCUT2D eigenvalue weighted by Gasteiger charge is -2.52. The van der Waals surface area contributed by atoms with Crippen LogP contribution in [-0.2, 0) is 9.59 Å². The van der Waals surface area contributed by atoms with E-state index in [1.807, 2.05) is 26.0 Å². The molecular weight excluding hydrogens is 510 g/mol. The number of ketones is 2. The molecule has 39 heavy (non-hydrogen) atoms. The average Bonchev–Trinajstić information content (AvgIpc) is 2.82. The van der Waals surface area contributed by atoms with Gasteiger partial charge in [0, 0.05) is 47.3 Å². The highest BCUT2D eigenvalue weighted by Gasteiger charge is 2.50. The number of Topliss-reactive ketones (excluding diaryl/α,β-unsaturated/α-hetero) is 2. The Bertz CT molecular complexity index is 1190. The maximum Gasteiger partial charge on any atom is 0.180 e. The lowest BCUT2D eigenvalue weighted by atomic mass is 9.63. The minimum atomic E-state index is -0.443. The van der Waals surface area contributed by atoms with Gasteiger partial charge in [0.05, 0.1) is 18.2 Å². The van der Waals surface area contributed by atoms with Gasteiger partial charge in [-0.1, -0.05) is 58.6 Å². The normalized spacial score (nSPS) is 23.8. The molecule has 1 heterocycles. The van der Waals surface area contributed by atoms with Crippen molar-refractivity contribution in [3.63, 3.8) is 0 Å². The minimum Gasteiger partial charge on any atom is -0.493 e. The van der Waals surface area contributed by atoms with E-state index >= 15 is 0 Å². The number of rotatable bonds is 5. The van der Waals surface area contributed by atoms with Crippen LogP contribution in [0.15, 0.2) is 34.7 Å². The van der Waals surface area contributed by atoms with Crippen LogP contribution in [0, 0.1) is 10.8 Å². The van der Waals surface area contributed by atoms with Gasteiger partial charge < -0.3 is 14.4 Å². The Kier molecular flexibility index (Phi) is 7.45. The Morgan fingerprint density at radius 1 is 0.872 bits per heavy atom. The summed E-state index contributed by atoms with van der Waals surface area (Å²) in [4.78, 5) is 30.7. The highest BCUT2D eigenvalue weighted by Crippen LogP contribution is 2.56. The Labute approximate surface area is 238 Å². The second-order valence-electron chi connectivity index (χ2n) is 13.9. The smallest absolute Gasteiger partial charge is 0.180 e. The fraction of sp³-hybridized carbons (Fsp3) is 0.636. The van der Waals surface area contributed by atoms with Crippen LogP contribution >= 0.6 is 11.6 Å². The molecule has 1 aromatic carbocycles. The third-order valence-corrected chi connectivity index (χ3v) is 9.11. The number of nitrogens with zero attached hydrogens (tertiary/aromatic N) is 1. The first-order valence-electron chi connectivity index (χ1n) is 14.7. The molecule has 1 aliphatic heterocycles. The predicted octanol–water partition coefficient (Wildman–Crippen LogP) is 8.15. The molecule has 0 radical (unpaired) electrons. The van der Waals surface area contributed by atoms with Crippen molar-refractivity contribution in [3.05, 3.63) is 45.3 Å². The molecule has 4 aliphatic rings. The summed E-state index contributed by atoms with van der Waals surface area (Å²) in [5, 5.41) is 0.434. The number of benzene rings is 1. The maximum absolute atomic E-state index is 14.1. The molecule has 1 aromatic rings. The lowest BCUT2D eigenvalue weighted by molar-refractivity contribution is -0.119. The Morgan fingerprint density at radius 2 is 1.41 bits per heavy atom. The largest absolute Gasteiger partial charge is 0.493 e. The van der Waals surface area contributed by atoms with E-state index in [0.717, 1.165) is 53.8 Å². The van der Waals surface area contributed by atoms with E-state index in [4.69, 9.17) is 21.1 Å². The van der Waals surface area contributed by atoms with Crippen LogP contribution in [0.1, 0.15) is 111 Å². The van der Waals surface area contributed by atoms with Crippen LogP contribution in [0.25, 0.3) is 0 Å². The quantitative estimate of drug-likeness (QED) is 0.368. The molecule has 0 aromatic heterocycles. The van der Waals surface area contributed by atoms with E-state index in [1.165, 1.54) is 19.3 Å². The number of allylic oxidation sites excluding steroid dienone is 4. The van der Waals surface area contributed by atoms with Gasteiger partial charge in [-0.15, -0.1) is 0 Å². The second kappa shape index (κ2) is 10.3. The van der Waals surface area contributed by atoms with Gasteiger partial charge in [-0.25, -0.2) is 0 Å². The summed E-state index contributed by atoms with van der Waals surface area (Å²) in [5.41, 5.74) is 4.42.